The Morgan fingerprint density at radius 2 is 1.67 bits per heavy atom. The minimum atomic E-state index is -1.08. The first-order valence-electron chi connectivity index (χ1n) is 0.908. The average Bonchev–Trinajstić information content (AvgIpc) is 0.811. The minimum Gasteiger partial charge on any atom is -1.00 e. The van der Waals surface area contributed by atoms with Gasteiger partial charge >= 0.3 is 17.1 Å². The molecular formula is C2H3ClMnO2. The fourth-order valence-electron chi connectivity index (χ4n) is 0. The van der Waals surface area contributed by atoms with Crippen molar-refractivity contribution in [1.82, 2.24) is 0 Å². The van der Waals surface area contributed by atoms with Crippen LogP contribution in [-0.2, 0) is 21.9 Å². The van der Waals surface area contributed by atoms with Crippen LogP contribution in [0.2, 0.25) is 0 Å². The minimum absolute atomic E-state index is 0. The van der Waals surface area contributed by atoms with Crippen molar-refractivity contribution in [2.75, 3.05) is 0 Å². The summed E-state index contributed by atoms with van der Waals surface area (Å²) in [7, 11) is 0. The number of carbonyl (C=O) groups excluding carboxylic acids is 1. The van der Waals surface area contributed by atoms with E-state index in [1.54, 1.807) is 0 Å². The Morgan fingerprint density at radius 1 is 1.67 bits per heavy atom. The van der Waals surface area contributed by atoms with Crippen LogP contribution in [0.1, 0.15) is 6.92 Å². The molecule has 0 aromatic carbocycles. The molecule has 1 radical (unpaired) electrons. The fraction of sp³-hybridized carbons (Fsp3) is 0.500. The zero-order valence-corrected chi connectivity index (χ0v) is 5.01. The van der Waals surface area contributed by atoms with E-state index in [-0.39, 0.29) is 29.5 Å². The zero-order chi connectivity index (χ0) is 3.58. The summed E-state index contributed by atoms with van der Waals surface area (Å²) in [6.45, 7) is 0.972. The fourth-order valence-corrected chi connectivity index (χ4v) is 0. The quantitative estimate of drug-likeness (QED) is 0.328. The van der Waals surface area contributed by atoms with Gasteiger partial charge in [0, 0.05) is 5.97 Å². The SMILES string of the molecule is CC(=O)[O-].[Cl-].[Mn+2]. The van der Waals surface area contributed by atoms with Gasteiger partial charge in [0.1, 0.15) is 0 Å². The molecule has 0 saturated heterocycles. The molecule has 0 heterocycles. The van der Waals surface area contributed by atoms with Crippen molar-refractivity contribution in [1.29, 1.82) is 0 Å². The van der Waals surface area contributed by atoms with Gasteiger partial charge in [0.25, 0.3) is 0 Å². The Bertz CT molecular complexity index is 34.5. The summed E-state index contributed by atoms with van der Waals surface area (Å²) >= 11 is 0. The van der Waals surface area contributed by atoms with Gasteiger partial charge in [-0.15, -0.1) is 0 Å². The summed E-state index contributed by atoms with van der Waals surface area (Å²) < 4.78 is 0. The molecule has 0 spiro atoms. The van der Waals surface area contributed by atoms with Crippen molar-refractivity contribution in [2.45, 2.75) is 6.92 Å². The molecule has 0 bridgehead atoms. The first-order valence-corrected chi connectivity index (χ1v) is 0.908. The number of rotatable bonds is 0. The van der Waals surface area contributed by atoms with Gasteiger partial charge in [0.2, 0.25) is 0 Å². The molecule has 0 aromatic rings. The van der Waals surface area contributed by atoms with E-state index in [1.807, 2.05) is 0 Å². The van der Waals surface area contributed by atoms with E-state index in [9.17, 15) is 0 Å². The average molecular weight is 149 g/mol. The van der Waals surface area contributed by atoms with Gasteiger partial charge in [0.05, 0.1) is 0 Å². The Labute approximate surface area is 52.8 Å². The van der Waals surface area contributed by atoms with Crippen molar-refractivity contribution in [3.63, 3.8) is 0 Å². The molecular weight excluding hydrogens is 146 g/mol. The van der Waals surface area contributed by atoms with E-state index in [1.165, 1.54) is 0 Å². The smallest absolute Gasteiger partial charge is 1.00 e. The van der Waals surface area contributed by atoms with E-state index in [4.69, 9.17) is 9.90 Å². The molecule has 6 heavy (non-hydrogen) atoms. The van der Waals surface area contributed by atoms with Gasteiger partial charge in [-0.05, 0) is 6.92 Å². The first-order chi connectivity index (χ1) is 1.73. The summed E-state index contributed by atoms with van der Waals surface area (Å²) in [6.07, 6.45) is 0. The van der Waals surface area contributed by atoms with Crippen LogP contribution >= 0.6 is 0 Å². The zero-order valence-electron chi connectivity index (χ0n) is 3.07. The standard InChI is InChI=1S/C2H4O2.ClH.Mn/c1-2(3)4;;/h1H3,(H,3,4);1H;/q;;+2/p-2. The van der Waals surface area contributed by atoms with Gasteiger partial charge in [-0.1, -0.05) is 0 Å². The molecule has 0 amide bonds. The van der Waals surface area contributed by atoms with Crippen molar-refractivity contribution in [3.05, 3.63) is 0 Å². The van der Waals surface area contributed by atoms with E-state index in [2.05, 4.69) is 0 Å². The maximum Gasteiger partial charge on any atom is 2.00 e. The molecule has 4 heteroatoms. The Balaban J connectivity index is -0.0000000450. The monoisotopic (exact) mass is 149 g/mol. The molecule has 0 unspecified atom stereocenters. The van der Waals surface area contributed by atoms with E-state index >= 15 is 0 Å². The van der Waals surface area contributed by atoms with E-state index < -0.39 is 5.97 Å². The largest absolute Gasteiger partial charge is 2.00 e. The van der Waals surface area contributed by atoms with Gasteiger partial charge < -0.3 is 22.3 Å². The predicted molar refractivity (Wildman–Crippen MR) is 10.7 cm³/mol. The Hall–Kier alpha value is 0.279. The molecule has 0 atom stereocenters. The van der Waals surface area contributed by atoms with Gasteiger partial charge in [-0.2, -0.15) is 0 Å². The summed E-state index contributed by atoms with van der Waals surface area (Å²) in [5.74, 6) is -1.08. The molecule has 2 nitrogen and oxygen atoms in total. The number of carboxylic acids is 1. The third kappa shape index (κ3) is 589. The second kappa shape index (κ2) is 8.99. The molecule has 37 valence electrons. The topological polar surface area (TPSA) is 40.1 Å². The third-order valence-corrected chi connectivity index (χ3v) is 0. The summed E-state index contributed by atoms with van der Waals surface area (Å²) in [4.78, 5) is 8.89. The summed E-state index contributed by atoms with van der Waals surface area (Å²) in [6, 6.07) is 0. The molecule has 0 aliphatic rings. The van der Waals surface area contributed by atoms with Gasteiger partial charge in [0.15, 0.2) is 0 Å². The number of hydrogen-bond acceptors (Lipinski definition) is 2. The molecule has 0 fully saturated rings. The number of aliphatic carboxylic acids is 1. The number of hydrogen-bond donors (Lipinski definition) is 0. The van der Waals surface area contributed by atoms with Crippen molar-refractivity contribution in [3.8, 4) is 0 Å². The van der Waals surface area contributed by atoms with Crippen LogP contribution < -0.4 is 17.5 Å². The Morgan fingerprint density at radius 3 is 1.67 bits per heavy atom. The number of carbonyl (C=O) groups is 1. The van der Waals surface area contributed by atoms with Crippen LogP contribution in [0.5, 0.6) is 0 Å². The predicted octanol–water partition coefficient (Wildman–Crippen LogP) is -4.24. The second-order valence-electron chi connectivity index (χ2n) is 0.492. The summed E-state index contributed by atoms with van der Waals surface area (Å²) in [5.41, 5.74) is 0. The maximum atomic E-state index is 8.89. The van der Waals surface area contributed by atoms with Crippen molar-refractivity contribution < 1.29 is 39.4 Å². The van der Waals surface area contributed by atoms with Crippen molar-refractivity contribution >= 4 is 5.97 Å². The van der Waals surface area contributed by atoms with E-state index in [0.29, 0.717) is 0 Å². The molecule has 0 N–H and O–H groups in total. The maximum absolute atomic E-state index is 8.89. The van der Waals surface area contributed by atoms with Crippen LogP contribution in [0.3, 0.4) is 0 Å². The molecule has 0 saturated carbocycles. The van der Waals surface area contributed by atoms with Crippen molar-refractivity contribution in [2.24, 2.45) is 0 Å². The van der Waals surface area contributed by atoms with Crippen LogP contribution in [0.15, 0.2) is 0 Å². The molecule has 0 aliphatic carbocycles. The molecule has 0 aliphatic heterocycles. The number of carboxylic acid groups (broad SMARTS) is 1. The van der Waals surface area contributed by atoms with E-state index in [0.717, 1.165) is 6.92 Å². The second-order valence-corrected chi connectivity index (χ2v) is 0.492. The summed E-state index contributed by atoms with van der Waals surface area (Å²) in [5, 5.41) is 8.89. The number of halogens is 1. The van der Waals surface area contributed by atoms with Crippen LogP contribution in [0, 0.1) is 0 Å². The molecule has 0 aromatic heterocycles. The van der Waals surface area contributed by atoms with Crippen LogP contribution in [-0.4, -0.2) is 5.97 Å². The first kappa shape index (κ1) is 16.3. The Kier molecular flexibility index (Phi) is 24.4. The normalized spacial score (nSPS) is 4.17. The van der Waals surface area contributed by atoms with Crippen LogP contribution in [0.25, 0.3) is 0 Å². The molecule has 0 rings (SSSR count). The third-order valence-electron chi connectivity index (χ3n) is 0. The van der Waals surface area contributed by atoms with Crippen LogP contribution in [0.4, 0.5) is 0 Å². The van der Waals surface area contributed by atoms with Gasteiger partial charge in [-0.25, -0.2) is 0 Å². The van der Waals surface area contributed by atoms with Gasteiger partial charge in [-0.3, -0.25) is 0 Å².